The average Bonchev–Trinajstić information content (AvgIpc) is 3.11. The van der Waals surface area contributed by atoms with Gasteiger partial charge in [0.05, 0.1) is 6.10 Å². The predicted octanol–water partition coefficient (Wildman–Crippen LogP) is 3.53. The first-order valence-electron chi connectivity index (χ1n) is 6.70. The molecule has 2 heteroatoms. The van der Waals surface area contributed by atoms with Crippen molar-refractivity contribution in [2.45, 2.75) is 45.8 Å². The lowest BCUT2D eigenvalue weighted by Crippen LogP contribution is -2.25. The maximum absolute atomic E-state index is 5.76. The van der Waals surface area contributed by atoms with Crippen LogP contribution in [-0.4, -0.2) is 12.6 Å². The molecule has 1 aromatic carbocycles. The van der Waals surface area contributed by atoms with Crippen molar-refractivity contribution < 1.29 is 4.74 Å². The fourth-order valence-corrected chi connectivity index (χ4v) is 2.09. The largest absolute Gasteiger partial charge is 0.490 e. The molecule has 1 saturated carbocycles. The Balaban J connectivity index is 2.03. The average molecular weight is 233 g/mol. The van der Waals surface area contributed by atoms with Crippen LogP contribution in [0.3, 0.4) is 0 Å². The molecule has 0 bridgehead atoms. The molecule has 1 atom stereocenters. The number of benzene rings is 1. The molecular formula is C15H23NO. The number of hydrogen-bond donors (Lipinski definition) is 1. The lowest BCUT2D eigenvalue weighted by Gasteiger charge is -2.22. The topological polar surface area (TPSA) is 21.3 Å². The molecule has 0 heterocycles. The zero-order valence-electron chi connectivity index (χ0n) is 11.1. The third-order valence-corrected chi connectivity index (χ3v) is 3.16. The molecule has 0 aliphatic heterocycles. The molecule has 1 aromatic rings. The van der Waals surface area contributed by atoms with Gasteiger partial charge >= 0.3 is 0 Å². The summed E-state index contributed by atoms with van der Waals surface area (Å²) >= 11 is 0. The summed E-state index contributed by atoms with van der Waals surface area (Å²) in [6.07, 6.45) is 2.91. The van der Waals surface area contributed by atoms with Crippen LogP contribution in [0.2, 0.25) is 0 Å². The van der Waals surface area contributed by atoms with E-state index >= 15 is 0 Å². The van der Waals surface area contributed by atoms with E-state index in [4.69, 9.17) is 4.74 Å². The zero-order valence-corrected chi connectivity index (χ0v) is 11.1. The summed E-state index contributed by atoms with van der Waals surface area (Å²) in [7, 11) is 0. The van der Waals surface area contributed by atoms with Crippen LogP contribution in [-0.2, 0) is 0 Å². The highest BCUT2D eigenvalue weighted by Gasteiger charge is 2.23. The van der Waals surface area contributed by atoms with Crippen molar-refractivity contribution >= 4 is 0 Å². The van der Waals surface area contributed by atoms with E-state index in [0.717, 1.165) is 12.3 Å². The van der Waals surface area contributed by atoms with Gasteiger partial charge in [-0.05, 0) is 43.0 Å². The molecular weight excluding hydrogens is 210 g/mol. The minimum atomic E-state index is 0.440. The summed E-state index contributed by atoms with van der Waals surface area (Å²) in [5.74, 6) is 1.61. The second kappa shape index (κ2) is 5.54. The molecule has 2 nitrogen and oxygen atoms in total. The first-order valence-corrected chi connectivity index (χ1v) is 6.70. The van der Waals surface area contributed by atoms with Gasteiger partial charge in [0, 0.05) is 6.04 Å². The van der Waals surface area contributed by atoms with Crippen molar-refractivity contribution in [3.63, 3.8) is 0 Å². The summed E-state index contributed by atoms with van der Waals surface area (Å²) in [6.45, 7) is 7.66. The van der Waals surface area contributed by atoms with E-state index in [1.165, 1.54) is 18.4 Å². The van der Waals surface area contributed by atoms with E-state index in [9.17, 15) is 0 Å². The van der Waals surface area contributed by atoms with Gasteiger partial charge in [0.25, 0.3) is 0 Å². The van der Waals surface area contributed by atoms with Crippen molar-refractivity contribution in [3.05, 3.63) is 29.8 Å². The van der Waals surface area contributed by atoms with E-state index in [2.05, 4.69) is 50.4 Å². The maximum atomic E-state index is 5.76. The van der Waals surface area contributed by atoms with E-state index in [1.54, 1.807) is 0 Å². The van der Waals surface area contributed by atoms with Crippen LogP contribution >= 0.6 is 0 Å². The maximum Gasteiger partial charge on any atom is 0.119 e. The van der Waals surface area contributed by atoms with E-state index in [-0.39, 0.29) is 0 Å². The van der Waals surface area contributed by atoms with Crippen LogP contribution in [0.15, 0.2) is 24.3 Å². The van der Waals surface area contributed by atoms with Crippen LogP contribution in [0.4, 0.5) is 0 Å². The highest BCUT2D eigenvalue weighted by molar-refractivity contribution is 5.30. The van der Waals surface area contributed by atoms with Crippen molar-refractivity contribution in [1.29, 1.82) is 0 Å². The summed E-state index contributed by atoms with van der Waals surface area (Å²) in [5.41, 5.74) is 1.35. The molecule has 1 aliphatic carbocycles. The molecule has 2 rings (SSSR count). The van der Waals surface area contributed by atoms with Gasteiger partial charge in [-0.3, -0.25) is 0 Å². The molecule has 1 aliphatic rings. The second-order valence-electron chi connectivity index (χ2n) is 5.17. The third kappa shape index (κ3) is 3.47. The number of ether oxygens (including phenoxy) is 1. The van der Waals surface area contributed by atoms with E-state index in [1.807, 2.05) is 0 Å². The molecule has 0 saturated heterocycles. The number of nitrogens with one attached hydrogen (secondary N) is 1. The molecule has 0 radical (unpaired) electrons. The quantitative estimate of drug-likeness (QED) is 0.811. The normalized spacial score (nSPS) is 17.2. The van der Waals surface area contributed by atoms with Crippen LogP contribution in [0.5, 0.6) is 5.75 Å². The Hall–Kier alpha value is -1.02. The second-order valence-corrected chi connectivity index (χ2v) is 5.17. The highest BCUT2D eigenvalue weighted by Crippen LogP contribution is 2.28. The summed E-state index contributed by atoms with van der Waals surface area (Å²) in [6, 6.07) is 9.01. The molecule has 17 heavy (non-hydrogen) atoms. The van der Waals surface area contributed by atoms with Crippen molar-refractivity contribution in [2.24, 2.45) is 5.92 Å². The van der Waals surface area contributed by atoms with Crippen molar-refractivity contribution in [3.8, 4) is 5.75 Å². The van der Waals surface area contributed by atoms with Crippen LogP contribution < -0.4 is 10.1 Å². The lowest BCUT2D eigenvalue weighted by atomic mass is 9.96. The molecule has 1 N–H and O–H groups in total. The Morgan fingerprint density at radius 2 is 1.88 bits per heavy atom. The molecule has 94 valence electrons. The van der Waals surface area contributed by atoms with Gasteiger partial charge in [0.15, 0.2) is 0 Å². The Bertz CT molecular complexity index is 340. The number of rotatable bonds is 6. The highest BCUT2D eigenvalue weighted by atomic mass is 16.5. The summed E-state index contributed by atoms with van der Waals surface area (Å²) in [5, 5.41) is 3.53. The third-order valence-electron chi connectivity index (χ3n) is 3.16. The van der Waals surface area contributed by atoms with Gasteiger partial charge in [-0.2, -0.15) is 0 Å². The Morgan fingerprint density at radius 3 is 2.35 bits per heavy atom. The molecule has 0 spiro atoms. The Kier molecular flexibility index (Phi) is 4.06. The monoisotopic (exact) mass is 233 g/mol. The van der Waals surface area contributed by atoms with Crippen LogP contribution in [0, 0.1) is 5.92 Å². The van der Waals surface area contributed by atoms with E-state index < -0.39 is 0 Å². The van der Waals surface area contributed by atoms with Crippen LogP contribution in [0.1, 0.15) is 45.2 Å². The summed E-state index contributed by atoms with van der Waals surface area (Å²) < 4.78 is 5.76. The van der Waals surface area contributed by atoms with Crippen LogP contribution in [0.25, 0.3) is 0 Å². The standard InChI is InChI=1S/C15H23NO/c1-4-16-15(11(2)3)12-5-7-13(8-6-12)17-14-9-10-14/h5-8,11,14-16H,4,9-10H2,1-3H3. The fourth-order valence-electron chi connectivity index (χ4n) is 2.09. The van der Waals surface area contributed by atoms with Crippen molar-refractivity contribution in [1.82, 2.24) is 5.32 Å². The number of hydrogen-bond acceptors (Lipinski definition) is 2. The Labute approximate surface area is 104 Å². The summed E-state index contributed by atoms with van der Waals surface area (Å²) in [4.78, 5) is 0. The smallest absolute Gasteiger partial charge is 0.119 e. The molecule has 1 unspecified atom stereocenters. The Morgan fingerprint density at radius 1 is 1.24 bits per heavy atom. The SMILES string of the molecule is CCNC(c1ccc(OC2CC2)cc1)C(C)C. The van der Waals surface area contributed by atoms with Gasteiger partial charge < -0.3 is 10.1 Å². The van der Waals surface area contributed by atoms with Gasteiger partial charge in [0.2, 0.25) is 0 Å². The lowest BCUT2D eigenvalue weighted by molar-refractivity contribution is 0.303. The van der Waals surface area contributed by atoms with Gasteiger partial charge in [0.1, 0.15) is 5.75 Å². The first-order chi connectivity index (χ1) is 8.20. The van der Waals surface area contributed by atoms with Gasteiger partial charge in [-0.1, -0.05) is 32.9 Å². The molecule has 0 aromatic heterocycles. The molecule has 0 amide bonds. The first kappa shape index (κ1) is 12.4. The zero-order chi connectivity index (χ0) is 12.3. The van der Waals surface area contributed by atoms with Crippen molar-refractivity contribution in [2.75, 3.05) is 6.54 Å². The predicted molar refractivity (Wildman–Crippen MR) is 71.3 cm³/mol. The van der Waals surface area contributed by atoms with Gasteiger partial charge in [-0.15, -0.1) is 0 Å². The van der Waals surface area contributed by atoms with Gasteiger partial charge in [-0.25, -0.2) is 0 Å². The molecule has 1 fully saturated rings. The minimum Gasteiger partial charge on any atom is -0.490 e. The fraction of sp³-hybridized carbons (Fsp3) is 0.600. The minimum absolute atomic E-state index is 0.440. The van der Waals surface area contributed by atoms with E-state index in [0.29, 0.717) is 18.1 Å².